The molecule has 6 nitrogen and oxygen atoms in total. The first-order valence-corrected chi connectivity index (χ1v) is 5.69. The van der Waals surface area contributed by atoms with E-state index >= 15 is 0 Å². The minimum atomic E-state index is -1.13. The van der Waals surface area contributed by atoms with Gasteiger partial charge in [0.25, 0.3) is 5.69 Å². The lowest BCUT2D eigenvalue weighted by Crippen LogP contribution is -2.05. The SMILES string of the molecule is C=C/C=C(\C=C)Nc1ccc([N+](=O)[O-])c(CC(=O)O)c1. The zero-order valence-electron chi connectivity index (χ0n) is 10.7. The second-order valence-electron chi connectivity index (χ2n) is 3.86. The number of carboxylic acids is 1. The fourth-order valence-electron chi connectivity index (χ4n) is 1.60. The highest BCUT2D eigenvalue weighted by Crippen LogP contribution is 2.24. The fraction of sp³-hybridized carbons (Fsp3) is 0.0714. The van der Waals surface area contributed by atoms with Crippen LogP contribution in [0.5, 0.6) is 0 Å². The van der Waals surface area contributed by atoms with Gasteiger partial charge >= 0.3 is 5.97 Å². The van der Waals surface area contributed by atoms with Gasteiger partial charge in [-0.2, -0.15) is 0 Å². The first-order chi connectivity index (χ1) is 9.47. The van der Waals surface area contributed by atoms with Crippen molar-refractivity contribution in [3.8, 4) is 0 Å². The topological polar surface area (TPSA) is 92.5 Å². The molecule has 1 rings (SSSR count). The Morgan fingerprint density at radius 2 is 2.15 bits per heavy atom. The van der Waals surface area contributed by atoms with E-state index in [4.69, 9.17) is 5.11 Å². The molecule has 0 unspecified atom stereocenters. The Balaban J connectivity index is 3.14. The van der Waals surface area contributed by atoms with Crippen molar-refractivity contribution in [1.82, 2.24) is 0 Å². The van der Waals surface area contributed by atoms with E-state index in [0.717, 1.165) is 0 Å². The third-order valence-electron chi connectivity index (χ3n) is 2.42. The highest BCUT2D eigenvalue weighted by Gasteiger charge is 2.16. The monoisotopic (exact) mass is 274 g/mol. The van der Waals surface area contributed by atoms with Crippen LogP contribution in [0.2, 0.25) is 0 Å². The summed E-state index contributed by atoms with van der Waals surface area (Å²) in [6.45, 7) is 7.16. The van der Waals surface area contributed by atoms with Crippen LogP contribution in [-0.4, -0.2) is 16.0 Å². The molecule has 0 fully saturated rings. The van der Waals surface area contributed by atoms with Crippen molar-refractivity contribution in [2.24, 2.45) is 0 Å². The summed E-state index contributed by atoms with van der Waals surface area (Å²) < 4.78 is 0. The van der Waals surface area contributed by atoms with E-state index in [1.807, 2.05) is 0 Å². The van der Waals surface area contributed by atoms with E-state index in [2.05, 4.69) is 18.5 Å². The summed E-state index contributed by atoms with van der Waals surface area (Å²) in [5, 5.41) is 22.6. The van der Waals surface area contributed by atoms with Gasteiger partial charge < -0.3 is 10.4 Å². The Morgan fingerprint density at radius 1 is 1.45 bits per heavy atom. The number of allylic oxidation sites excluding steroid dienone is 3. The van der Waals surface area contributed by atoms with Gasteiger partial charge in [-0.25, -0.2) is 0 Å². The van der Waals surface area contributed by atoms with Crippen LogP contribution in [0.15, 0.2) is 55.3 Å². The maximum Gasteiger partial charge on any atom is 0.308 e. The number of rotatable bonds is 7. The molecule has 0 bridgehead atoms. The van der Waals surface area contributed by atoms with Gasteiger partial charge in [-0.15, -0.1) is 0 Å². The van der Waals surface area contributed by atoms with Crippen LogP contribution in [-0.2, 0) is 11.2 Å². The molecule has 1 aromatic rings. The van der Waals surface area contributed by atoms with Crippen molar-refractivity contribution in [2.75, 3.05) is 5.32 Å². The summed E-state index contributed by atoms with van der Waals surface area (Å²) >= 11 is 0. The van der Waals surface area contributed by atoms with E-state index in [-0.39, 0.29) is 11.3 Å². The summed E-state index contributed by atoms with van der Waals surface area (Å²) in [6.07, 6.45) is 4.37. The number of hydrogen-bond donors (Lipinski definition) is 2. The van der Waals surface area contributed by atoms with E-state index in [1.165, 1.54) is 18.2 Å². The van der Waals surface area contributed by atoms with Gasteiger partial charge in [0.05, 0.1) is 11.3 Å². The standard InChI is InChI=1S/C14H14N2O4/c1-3-5-11(4-2)15-12-6-7-13(16(19)20)10(8-12)9-14(17)18/h3-8,15H,1-2,9H2,(H,17,18)/b11-5+. The van der Waals surface area contributed by atoms with Crippen LogP contribution in [0.1, 0.15) is 5.56 Å². The lowest BCUT2D eigenvalue weighted by molar-refractivity contribution is -0.385. The van der Waals surface area contributed by atoms with Crippen molar-refractivity contribution in [1.29, 1.82) is 0 Å². The van der Waals surface area contributed by atoms with Crippen molar-refractivity contribution < 1.29 is 14.8 Å². The lowest BCUT2D eigenvalue weighted by Gasteiger charge is -2.08. The van der Waals surface area contributed by atoms with Crippen LogP contribution >= 0.6 is 0 Å². The lowest BCUT2D eigenvalue weighted by atomic mass is 10.1. The van der Waals surface area contributed by atoms with Gasteiger partial charge in [0, 0.05) is 23.0 Å². The first kappa shape index (κ1) is 15.2. The van der Waals surface area contributed by atoms with Crippen LogP contribution in [0.4, 0.5) is 11.4 Å². The molecule has 0 heterocycles. The normalized spacial score (nSPS) is 10.7. The third-order valence-corrected chi connectivity index (χ3v) is 2.42. The van der Waals surface area contributed by atoms with Crippen molar-refractivity contribution in [2.45, 2.75) is 6.42 Å². The van der Waals surface area contributed by atoms with Crippen LogP contribution in [0, 0.1) is 10.1 Å². The molecule has 0 aliphatic heterocycles. The van der Waals surface area contributed by atoms with Crippen molar-refractivity contribution in [3.63, 3.8) is 0 Å². The molecule has 0 spiro atoms. The van der Waals surface area contributed by atoms with Crippen LogP contribution in [0.25, 0.3) is 0 Å². The largest absolute Gasteiger partial charge is 0.481 e. The number of nitrogens with one attached hydrogen (secondary N) is 1. The van der Waals surface area contributed by atoms with E-state index in [0.29, 0.717) is 11.4 Å². The maximum atomic E-state index is 10.8. The number of carbonyl (C=O) groups is 1. The average Bonchev–Trinajstić information content (AvgIpc) is 2.37. The number of anilines is 1. The number of nitro groups is 1. The van der Waals surface area contributed by atoms with Gasteiger partial charge in [0.15, 0.2) is 0 Å². The molecule has 0 aliphatic carbocycles. The molecular weight excluding hydrogens is 260 g/mol. The summed E-state index contributed by atoms with van der Waals surface area (Å²) in [6, 6.07) is 4.21. The molecule has 0 aromatic heterocycles. The minimum Gasteiger partial charge on any atom is -0.481 e. The molecular formula is C14H14N2O4. The fourth-order valence-corrected chi connectivity index (χ4v) is 1.60. The molecule has 0 saturated heterocycles. The molecule has 104 valence electrons. The van der Waals surface area contributed by atoms with Crippen molar-refractivity contribution in [3.05, 3.63) is 71.0 Å². The zero-order valence-corrected chi connectivity index (χ0v) is 10.7. The average molecular weight is 274 g/mol. The van der Waals surface area contributed by atoms with Crippen LogP contribution < -0.4 is 5.32 Å². The minimum absolute atomic E-state index is 0.134. The van der Waals surface area contributed by atoms with Gasteiger partial charge in [0.2, 0.25) is 0 Å². The Kier molecular flexibility index (Phi) is 5.22. The second kappa shape index (κ2) is 6.89. The van der Waals surface area contributed by atoms with E-state index < -0.39 is 17.3 Å². The molecule has 0 aliphatic rings. The Hall–Kier alpha value is -2.89. The number of nitrogens with zero attached hydrogens (tertiary/aromatic N) is 1. The van der Waals surface area contributed by atoms with Gasteiger partial charge in [-0.3, -0.25) is 14.9 Å². The number of benzene rings is 1. The van der Waals surface area contributed by atoms with Crippen LogP contribution in [0.3, 0.4) is 0 Å². The molecule has 0 amide bonds. The number of aliphatic carboxylic acids is 1. The number of hydrogen-bond acceptors (Lipinski definition) is 4. The Bertz CT molecular complexity index is 591. The molecule has 1 aromatic carbocycles. The van der Waals surface area contributed by atoms with Gasteiger partial charge in [0.1, 0.15) is 0 Å². The predicted molar refractivity (Wildman–Crippen MR) is 76.5 cm³/mol. The molecule has 0 saturated carbocycles. The maximum absolute atomic E-state index is 10.8. The summed E-state index contributed by atoms with van der Waals surface area (Å²) in [5.74, 6) is -1.13. The zero-order chi connectivity index (χ0) is 15.1. The molecule has 0 radical (unpaired) electrons. The Labute approximate surface area is 115 Å². The summed E-state index contributed by atoms with van der Waals surface area (Å²) in [4.78, 5) is 21.0. The molecule has 2 N–H and O–H groups in total. The van der Waals surface area contributed by atoms with E-state index in [1.54, 1.807) is 18.2 Å². The number of nitro benzene ring substituents is 1. The summed E-state index contributed by atoms with van der Waals surface area (Å²) in [5.41, 5.74) is 1.11. The smallest absolute Gasteiger partial charge is 0.308 e. The van der Waals surface area contributed by atoms with Gasteiger partial charge in [-0.1, -0.05) is 19.2 Å². The predicted octanol–water partition coefficient (Wildman–Crippen LogP) is 2.89. The van der Waals surface area contributed by atoms with E-state index in [9.17, 15) is 14.9 Å². The Morgan fingerprint density at radius 3 is 2.65 bits per heavy atom. The molecule has 20 heavy (non-hydrogen) atoms. The summed E-state index contributed by atoms with van der Waals surface area (Å²) in [7, 11) is 0. The highest BCUT2D eigenvalue weighted by atomic mass is 16.6. The second-order valence-corrected chi connectivity index (χ2v) is 3.86. The molecule has 0 atom stereocenters. The van der Waals surface area contributed by atoms with Crippen molar-refractivity contribution >= 4 is 17.3 Å². The van der Waals surface area contributed by atoms with Gasteiger partial charge in [-0.05, 0) is 24.3 Å². The highest BCUT2D eigenvalue weighted by molar-refractivity contribution is 5.73. The quantitative estimate of drug-likeness (QED) is 0.453. The third kappa shape index (κ3) is 4.09. The molecule has 6 heteroatoms. The first-order valence-electron chi connectivity index (χ1n) is 5.69. The number of carboxylic acid groups (broad SMARTS) is 1.